The molecule has 12 rings (SSSR count). The Balaban J connectivity index is 0.000000417. The van der Waals surface area contributed by atoms with Gasteiger partial charge in [-0.2, -0.15) is 43.6 Å². The van der Waals surface area contributed by atoms with Crippen molar-refractivity contribution >= 4 is 81.7 Å². The summed E-state index contributed by atoms with van der Waals surface area (Å²) in [4.78, 5) is 106. The Labute approximate surface area is 728 Å². The number of carbonyl (C=O) groups excluding carboxylic acids is 3. The molecular weight excluding hydrogens is 1610 g/mol. The summed E-state index contributed by atoms with van der Waals surface area (Å²) in [7, 11) is 0.750. The summed E-state index contributed by atoms with van der Waals surface area (Å²) in [5.74, 6) is -0.228. The molecule has 0 amide bonds. The van der Waals surface area contributed by atoms with E-state index in [1.54, 1.807) is 37.6 Å². The van der Waals surface area contributed by atoms with E-state index in [4.69, 9.17) is 64.0 Å². The molecule has 4 saturated carbocycles. The molecule has 0 saturated heterocycles. The summed E-state index contributed by atoms with van der Waals surface area (Å²) in [5.41, 5.74) is 0.167. The second-order valence-electron chi connectivity index (χ2n) is 27.3. The van der Waals surface area contributed by atoms with Crippen molar-refractivity contribution < 1.29 is 144 Å². The SMILES string of the molecule is CCCn1c(=O)c2c(n(CC)c1=O)N=C(c1cnn(Cc3cccc(C(F)(F)F)c3)c1)C2.CCCn1c(=O)c2c(nc(-c3cnn(Cc4cccc(C(F)(F)F)c4)c3)n2COCOC(=O)C2CCCCC2)n(CC)c1=O.C[O-].ClCOCCl.O=C(O)C1CCCCC1.O=C(OCOCCl)C1CCCCC1.O=[C-]C1CCCCC1.[Na+].[Na+].[OH-]. The standard InChI is InChI=1S/C30H35F3N6O5.C22H22F3N5O2.C9H15ClO3.C7H12O2.C7H11O.C2H4Cl2O.CH3O.2Na.H2O/c1-3-13-38-27(40)24-26(37(4-2)29(38)42)35-25(39(24)18-43-19-44-28(41)21-10-6-5-7-11-21)22-15-34-36(17-22)16-20-9-8-12-23(14-20)30(31,32)33;1-3-8-30-20(31)17-10-18(27-19(17)29(4-2)21(30)32)15-11-26-28(13-15)12-14-6-5-7-16(9-14)22(23,24)25;10-6-12-7-13-9(11)8-4-2-1-3-5-8;8-7(9)6-4-2-1-3-5-6;8-6-7-4-2-1-3-5-7;3-1-5-2-4;1-2;;;/h8-9,12,14-15,17,21H,3-7,10-11,13,16,18-19H2,1-2H3;5-7,9,11,13H,3-4,8,10,12H2,1-2H3;8H,1-7H2;6H,1-5H2,(H,8,9);7H,1-5H2;1-2H2;1H3;;;1H2/q;;;;-1;;-1;2*+1;/p-1. The van der Waals surface area contributed by atoms with E-state index in [9.17, 15) is 64.7 Å². The van der Waals surface area contributed by atoms with E-state index < -0.39 is 40.7 Å². The first kappa shape index (κ1) is 104. The first-order valence-corrected chi connectivity index (χ1v) is 39.8. The molecule has 38 heteroatoms. The molecule has 0 unspecified atom stereocenters. The number of halogens is 9. The van der Waals surface area contributed by atoms with E-state index in [1.165, 1.54) is 78.1 Å². The van der Waals surface area contributed by atoms with Crippen LogP contribution >= 0.6 is 34.8 Å². The number of carboxylic acids is 1. The number of hydrogen-bond acceptors (Lipinski definition) is 19. The third kappa shape index (κ3) is 31.4. The van der Waals surface area contributed by atoms with Crippen LogP contribution in [0.15, 0.2) is 97.5 Å². The summed E-state index contributed by atoms with van der Waals surface area (Å²) < 4.78 is 113. The zero-order chi connectivity index (χ0) is 82.6. The molecule has 4 aliphatic carbocycles. The van der Waals surface area contributed by atoms with Crippen LogP contribution in [-0.2, 0) is 108 Å². The molecule has 0 radical (unpaired) electrons. The van der Waals surface area contributed by atoms with Crippen LogP contribution in [0.5, 0.6) is 0 Å². The van der Waals surface area contributed by atoms with Gasteiger partial charge >= 0.3 is 101 Å². The van der Waals surface area contributed by atoms with Crippen LogP contribution in [0.25, 0.3) is 22.6 Å². The van der Waals surface area contributed by atoms with Gasteiger partial charge in [-0.15, -0.1) is 5.92 Å². The number of rotatable bonds is 25. The van der Waals surface area contributed by atoms with Gasteiger partial charge in [0, 0.05) is 50.6 Å². The number of aryl methyl sites for hydroxylation is 1. The van der Waals surface area contributed by atoms with E-state index in [1.807, 2.05) is 20.8 Å². The Morgan fingerprint density at radius 1 is 0.569 bits per heavy atom. The molecule has 5 aromatic heterocycles. The predicted octanol–water partition coefficient (Wildman–Crippen LogP) is 7.97. The molecule has 2 aromatic carbocycles. The molecule has 0 bridgehead atoms. The summed E-state index contributed by atoms with van der Waals surface area (Å²) in [5, 5.41) is 25.3. The van der Waals surface area contributed by atoms with Gasteiger partial charge in [0.25, 0.3) is 11.1 Å². The summed E-state index contributed by atoms with van der Waals surface area (Å²) in [6, 6.07) is 10.5. The van der Waals surface area contributed by atoms with Gasteiger partial charge in [-0.3, -0.25) is 62.5 Å². The van der Waals surface area contributed by atoms with Gasteiger partial charge in [-0.1, -0.05) is 163 Å². The van der Waals surface area contributed by atoms with E-state index >= 15 is 0 Å². The Bertz CT molecular complexity index is 4430. The smallest absolute Gasteiger partial charge is 0.870 e. The monoisotopic (exact) mass is 1710 g/mol. The largest absolute Gasteiger partial charge is 1.00 e. The molecule has 0 atom stereocenters. The van der Waals surface area contributed by atoms with Crippen molar-refractivity contribution in [1.29, 1.82) is 0 Å². The van der Waals surface area contributed by atoms with Crippen LogP contribution in [-0.4, -0.2) is 127 Å². The first-order chi connectivity index (χ1) is 54.3. The fourth-order valence-corrected chi connectivity index (χ4v) is 14.0. The van der Waals surface area contributed by atoms with Crippen molar-refractivity contribution in [3.8, 4) is 11.4 Å². The topological polar surface area (TPSA) is 342 Å². The van der Waals surface area contributed by atoms with Crippen LogP contribution in [0, 0.1) is 23.7 Å². The number of carbonyl (C=O) groups is 3. The third-order valence-corrected chi connectivity index (χ3v) is 19.9. The van der Waals surface area contributed by atoms with E-state index in [-0.39, 0.29) is 200 Å². The van der Waals surface area contributed by atoms with Crippen LogP contribution in [0.4, 0.5) is 32.2 Å². The summed E-state index contributed by atoms with van der Waals surface area (Å²) >= 11 is 15.2. The second-order valence-corrected chi connectivity index (χ2v) is 28.0. The molecule has 6 heterocycles. The van der Waals surface area contributed by atoms with Gasteiger partial charge < -0.3 is 44.2 Å². The maximum Gasteiger partial charge on any atom is 1.00 e. The van der Waals surface area contributed by atoms with Gasteiger partial charge in [0.2, 0.25) is 0 Å². The zero-order valence-corrected chi connectivity index (χ0v) is 73.2. The quantitative estimate of drug-likeness (QED) is 0.0108. The number of aromatic nitrogens is 10. The average Bonchev–Trinajstić information content (AvgIpc) is 1.59. The molecular formula is C78H103Cl3F6N11Na2O16-. The summed E-state index contributed by atoms with van der Waals surface area (Å²) in [6.07, 6.45) is 22.2. The van der Waals surface area contributed by atoms with Crippen LogP contribution in [0.3, 0.4) is 0 Å². The van der Waals surface area contributed by atoms with Crippen LogP contribution in [0.1, 0.15) is 202 Å². The number of benzene rings is 2. The number of hydrogen-bond donors (Lipinski definition) is 1. The van der Waals surface area contributed by atoms with Crippen LogP contribution < -0.4 is 86.7 Å². The van der Waals surface area contributed by atoms with Crippen molar-refractivity contribution in [3.05, 3.63) is 148 Å². The number of imidazole rings is 1. The minimum Gasteiger partial charge on any atom is -0.870 e. The molecule has 632 valence electrons. The first-order valence-electron chi connectivity index (χ1n) is 38.2. The average molecular weight is 1720 g/mol. The molecule has 116 heavy (non-hydrogen) atoms. The van der Waals surface area contributed by atoms with Gasteiger partial charge in [0.15, 0.2) is 24.7 Å². The predicted molar refractivity (Wildman–Crippen MR) is 414 cm³/mol. The Morgan fingerprint density at radius 3 is 1.41 bits per heavy atom. The number of nitrogens with zero attached hydrogens (tertiary/aromatic N) is 11. The number of esters is 2. The van der Waals surface area contributed by atoms with Crippen molar-refractivity contribution in [3.63, 3.8) is 0 Å². The number of fused-ring (bicyclic) bond motifs is 2. The number of alkyl halides is 9. The summed E-state index contributed by atoms with van der Waals surface area (Å²) in [6.45, 7) is 8.20. The Hall–Kier alpha value is -6.31. The van der Waals surface area contributed by atoms with Gasteiger partial charge in [-0.25, -0.2) is 19.6 Å². The minimum atomic E-state index is -4.47. The molecule has 0 spiro atoms. The van der Waals surface area contributed by atoms with Gasteiger partial charge in [0.1, 0.15) is 36.6 Å². The van der Waals surface area contributed by atoms with Crippen molar-refractivity contribution in [2.24, 2.45) is 28.7 Å². The third-order valence-electron chi connectivity index (χ3n) is 19.4. The number of ether oxygens (including phenoxy) is 5. The Morgan fingerprint density at radius 2 is 1.00 bits per heavy atom. The number of aliphatic carboxylic acids is 1. The maximum atomic E-state index is 13.6. The molecule has 7 aromatic rings. The van der Waals surface area contributed by atoms with Crippen molar-refractivity contribution in [1.82, 2.24) is 47.4 Å². The van der Waals surface area contributed by atoms with Crippen LogP contribution in [0.2, 0.25) is 0 Å². The molecule has 1 aliphatic heterocycles. The van der Waals surface area contributed by atoms with Gasteiger partial charge in [0.05, 0.1) is 71.2 Å². The second kappa shape index (κ2) is 54.1. The molecule has 2 N–H and O–H groups in total. The van der Waals surface area contributed by atoms with Crippen molar-refractivity contribution in [2.75, 3.05) is 38.9 Å². The van der Waals surface area contributed by atoms with Gasteiger partial charge in [-0.05, 0) is 101 Å². The molecule has 5 aliphatic rings. The minimum absolute atomic E-state index is 0. The van der Waals surface area contributed by atoms with E-state index in [0.717, 1.165) is 132 Å². The number of aliphatic imine (C=N–C) groups is 1. The van der Waals surface area contributed by atoms with E-state index in [0.29, 0.717) is 65.3 Å². The molecule has 27 nitrogen and oxygen atoms in total. The fraction of sp³-hybridized carbons (Fsp3) is 0.590. The number of carboxylic acid groups (broad SMARTS) is 1. The fourth-order valence-electron chi connectivity index (χ4n) is 13.7. The zero-order valence-electron chi connectivity index (χ0n) is 66.9. The van der Waals surface area contributed by atoms with Crippen molar-refractivity contribution in [2.45, 2.75) is 234 Å². The normalized spacial score (nSPS) is 14.9. The Kier molecular flexibility index (Phi) is 48.4. The van der Waals surface area contributed by atoms with E-state index in [2.05, 4.69) is 31.2 Å². The molecule has 4 fully saturated rings. The maximum absolute atomic E-state index is 13.6.